The van der Waals surface area contributed by atoms with Crippen molar-refractivity contribution in [1.82, 2.24) is 0 Å². The van der Waals surface area contributed by atoms with E-state index in [-0.39, 0.29) is 23.5 Å². The van der Waals surface area contributed by atoms with Crippen LogP contribution in [-0.4, -0.2) is 11.9 Å². The molecule has 0 N–H and O–H groups in total. The third-order valence-corrected chi connectivity index (χ3v) is 4.60. The predicted octanol–water partition coefficient (Wildman–Crippen LogP) is 5.87. The molecule has 6 heteroatoms. The maximum absolute atomic E-state index is 12.2. The molecule has 166 valence electrons. The Labute approximate surface area is 184 Å². The van der Waals surface area contributed by atoms with Crippen LogP contribution in [0.2, 0.25) is 0 Å². The van der Waals surface area contributed by atoms with Gasteiger partial charge in [0.15, 0.2) is 0 Å². The summed E-state index contributed by atoms with van der Waals surface area (Å²) in [5.41, 5.74) is 2.73. The van der Waals surface area contributed by atoms with Gasteiger partial charge in [-0.25, -0.2) is 9.59 Å². The van der Waals surface area contributed by atoms with Gasteiger partial charge in [0, 0.05) is 6.42 Å². The average Bonchev–Trinajstić information content (AvgIpc) is 2.72. The largest absolute Gasteiger partial charge is 0.373 e. The van der Waals surface area contributed by atoms with Crippen LogP contribution >= 0.6 is 0 Å². The van der Waals surface area contributed by atoms with Crippen LogP contribution in [0.1, 0.15) is 79.8 Å². The van der Waals surface area contributed by atoms with Crippen LogP contribution in [0.5, 0.6) is 0 Å². The molecule has 0 aromatic heterocycles. The van der Waals surface area contributed by atoms with E-state index in [9.17, 15) is 9.59 Å². The van der Waals surface area contributed by atoms with Crippen molar-refractivity contribution >= 4 is 11.9 Å². The minimum Gasteiger partial charge on any atom is -0.289 e. The number of rotatable bonds is 7. The van der Waals surface area contributed by atoms with E-state index in [1.54, 1.807) is 24.3 Å². The lowest BCUT2D eigenvalue weighted by atomic mass is 9.87. The lowest BCUT2D eigenvalue weighted by Crippen LogP contribution is -2.16. The molecule has 0 amide bonds. The minimum atomic E-state index is -0.709. The third kappa shape index (κ3) is 7.19. The zero-order valence-electron chi connectivity index (χ0n) is 19.0. The van der Waals surface area contributed by atoms with Crippen LogP contribution in [0.3, 0.4) is 0 Å². The van der Waals surface area contributed by atoms with Crippen LogP contribution in [0.4, 0.5) is 0 Å². The fourth-order valence-electron chi connectivity index (χ4n) is 2.57. The van der Waals surface area contributed by atoms with Crippen LogP contribution in [0.25, 0.3) is 0 Å². The van der Waals surface area contributed by atoms with Crippen molar-refractivity contribution in [2.75, 3.05) is 0 Å². The molecular formula is C25H30O6. The lowest BCUT2D eigenvalue weighted by molar-refractivity contribution is -0.362. The molecule has 0 aliphatic carbocycles. The van der Waals surface area contributed by atoms with Gasteiger partial charge in [-0.1, -0.05) is 65.8 Å². The van der Waals surface area contributed by atoms with E-state index in [1.807, 2.05) is 24.3 Å². The van der Waals surface area contributed by atoms with Crippen molar-refractivity contribution in [2.45, 2.75) is 58.8 Å². The van der Waals surface area contributed by atoms with E-state index in [2.05, 4.69) is 48.5 Å². The summed E-state index contributed by atoms with van der Waals surface area (Å²) in [6.07, 6.45) is -0.300. The zero-order chi connectivity index (χ0) is 23.2. The first-order valence-electron chi connectivity index (χ1n) is 10.1. The number of benzene rings is 2. The molecule has 2 aromatic rings. The summed E-state index contributed by atoms with van der Waals surface area (Å²) in [5.74, 6) is -1.42. The molecule has 0 spiro atoms. The number of carbonyl (C=O) groups excluding carboxylic acids is 2. The van der Waals surface area contributed by atoms with Gasteiger partial charge in [-0.2, -0.15) is 0 Å². The van der Waals surface area contributed by atoms with Gasteiger partial charge < -0.3 is 0 Å². The number of hydrogen-bond donors (Lipinski definition) is 0. The lowest BCUT2D eigenvalue weighted by Gasteiger charge is -2.19. The van der Waals surface area contributed by atoms with Crippen LogP contribution in [0, 0.1) is 13.2 Å². The fraction of sp³-hybridized carbons (Fsp3) is 0.360. The Kier molecular flexibility index (Phi) is 7.98. The highest BCUT2D eigenvalue weighted by atomic mass is 17.3. The second kappa shape index (κ2) is 10.1. The number of carbonyl (C=O) groups is 2. The molecule has 0 aliphatic heterocycles. The summed E-state index contributed by atoms with van der Waals surface area (Å²) in [4.78, 5) is 43.6. The van der Waals surface area contributed by atoms with E-state index in [4.69, 9.17) is 19.6 Å². The molecule has 0 aliphatic rings. The quantitative estimate of drug-likeness (QED) is 0.407. The van der Waals surface area contributed by atoms with E-state index >= 15 is 0 Å². The molecule has 0 heterocycles. The van der Waals surface area contributed by atoms with Crippen molar-refractivity contribution in [2.24, 2.45) is 0 Å². The summed E-state index contributed by atoms with van der Waals surface area (Å²) < 4.78 is 0. The molecule has 0 saturated heterocycles. The van der Waals surface area contributed by atoms with Crippen LogP contribution in [-0.2, 0) is 30.4 Å². The van der Waals surface area contributed by atoms with Gasteiger partial charge in [-0.05, 0) is 53.1 Å². The van der Waals surface area contributed by atoms with Gasteiger partial charge in [0.1, 0.15) is 0 Å². The van der Waals surface area contributed by atoms with Gasteiger partial charge in [-0.3, -0.25) is 9.78 Å². The minimum absolute atomic E-state index is 0.0292. The highest BCUT2D eigenvalue weighted by molar-refractivity contribution is 5.89. The third-order valence-electron chi connectivity index (χ3n) is 4.60. The van der Waals surface area contributed by atoms with Crippen molar-refractivity contribution in [3.63, 3.8) is 0 Å². The molecule has 0 fully saturated rings. The summed E-state index contributed by atoms with van der Waals surface area (Å²) in [6, 6.07) is 14.0. The molecule has 6 nitrogen and oxygen atoms in total. The first-order chi connectivity index (χ1) is 14.4. The van der Waals surface area contributed by atoms with Gasteiger partial charge in [0.05, 0.1) is 11.1 Å². The van der Waals surface area contributed by atoms with Crippen molar-refractivity contribution in [1.29, 1.82) is 0 Å². The average molecular weight is 427 g/mol. The Morgan fingerprint density at radius 3 is 1.23 bits per heavy atom. The molecule has 0 saturated carbocycles. The van der Waals surface area contributed by atoms with E-state index in [0.717, 1.165) is 11.1 Å². The Morgan fingerprint density at radius 1 is 0.645 bits per heavy atom. The summed E-state index contributed by atoms with van der Waals surface area (Å²) in [5, 5.41) is 0. The van der Waals surface area contributed by atoms with Crippen molar-refractivity contribution < 1.29 is 29.1 Å². The molecule has 0 unspecified atom stereocenters. The Hall–Kier alpha value is -2.70. The first-order valence-corrected chi connectivity index (χ1v) is 10.1. The summed E-state index contributed by atoms with van der Waals surface area (Å²) >= 11 is 0. The highest BCUT2D eigenvalue weighted by Gasteiger charge is 2.21. The van der Waals surface area contributed by atoms with E-state index < -0.39 is 11.9 Å². The maximum atomic E-state index is 12.2. The predicted molar refractivity (Wildman–Crippen MR) is 117 cm³/mol. The van der Waals surface area contributed by atoms with Crippen LogP contribution < -0.4 is 0 Å². The molecule has 0 bridgehead atoms. The standard InChI is InChI=1S/C25H30O6/c1-8-21(28-30-22(26)17-9-13-19(14-10-17)24(2,3)4)29-31-23(27)18-11-15-20(16-12-18)25(5,6)7/h9-16H,1,8H2,2-7H3. The summed E-state index contributed by atoms with van der Waals surface area (Å²) in [7, 11) is 0. The van der Waals surface area contributed by atoms with Gasteiger partial charge in [-0.15, -0.1) is 9.78 Å². The Bertz CT molecular complexity index is 797. The Morgan fingerprint density at radius 2 is 0.968 bits per heavy atom. The second-order valence-electron chi connectivity index (χ2n) is 9.18. The number of hydrogen-bond acceptors (Lipinski definition) is 6. The van der Waals surface area contributed by atoms with Crippen molar-refractivity contribution in [3.8, 4) is 0 Å². The molecule has 2 aromatic carbocycles. The van der Waals surface area contributed by atoms with Crippen molar-refractivity contribution in [3.05, 3.63) is 84.0 Å². The van der Waals surface area contributed by atoms with E-state index in [1.165, 1.54) is 0 Å². The molecule has 0 atom stereocenters. The van der Waals surface area contributed by atoms with Gasteiger partial charge >= 0.3 is 18.2 Å². The Balaban J connectivity index is 1.86. The second-order valence-corrected chi connectivity index (χ2v) is 9.18. The molecule has 31 heavy (non-hydrogen) atoms. The molecular weight excluding hydrogens is 396 g/mol. The molecule has 2 rings (SSSR count). The SMILES string of the molecule is [CH2]C[C](OOC(=O)c1ccc(C(C)(C)C)cc1)OOC(=O)c1ccc(C(C)(C)C)cc1. The zero-order valence-corrected chi connectivity index (χ0v) is 19.0. The molecule has 2 radical (unpaired) electrons. The van der Waals surface area contributed by atoms with Crippen LogP contribution in [0.15, 0.2) is 48.5 Å². The van der Waals surface area contributed by atoms with Gasteiger partial charge in [0.2, 0.25) is 0 Å². The highest BCUT2D eigenvalue weighted by Crippen LogP contribution is 2.24. The monoisotopic (exact) mass is 426 g/mol. The smallest absolute Gasteiger partial charge is 0.289 e. The topological polar surface area (TPSA) is 71.1 Å². The fourth-order valence-corrected chi connectivity index (χ4v) is 2.57. The normalized spacial score (nSPS) is 12.0. The van der Waals surface area contributed by atoms with E-state index in [0.29, 0.717) is 11.1 Å². The summed E-state index contributed by atoms with van der Waals surface area (Å²) in [6.45, 7) is 16.1. The first kappa shape index (κ1) is 24.6. The van der Waals surface area contributed by atoms with Gasteiger partial charge in [0.25, 0.3) is 0 Å². The maximum Gasteiger partial charge on any atom is 0.373 e.